The first-order valence-electron chi connectivity index (χ1n) is 4.29. The highest BCUT2D eigenvalue weighted by atomic mass is 32.1. The van der Waals surface area contributed by atoms with Crippen LogP contribution in [-0.2, 0) is 0 Å². The molecule has 1 aliphatic rings. The zero-order valence-corrected chi connectivity index (χ0v) is 8.28. The van der Waals surface area contributed by atoms with Crippen LogP contribution >= 0.6 is 12.2 Å². The summed E-state index contributed by atoms with van der Waals surface area (Å²) in [6.07, 6.45) is 0. The molecule has 0 aliphatic carbocycles. The van der Waals surface area contributed by atoms with Crippen LogP contribution in [-0.4, -0.2) is 18.1 Å². The average Bonchev–Trinajstić information content (AvgIpc) is 2.29. The molecule has 0 saturated carbocycles. The van der Waals surface area contributed by atoms with E-state index >= 15 is 0 Å². The average molecular weight is 193 g/mol. The number of thiocarbonyl (C=S) groups is 1. The largest absolute Gasteiger partial charge is 0.491 e. The van der Waals surface area contributed by atoms with Crippen molar-refractivity contribution in [3.05, 3.63) is 29.3 Å². The summed E-state index contributed by atoms with van der Waals surface area (Å²) < 4.78 is 5.52. The Bertz CT molecular complexity index is 349. The van der Waals surface area contributed by atoms with Crippen molar-refractivity contribution < 1.29 is 4.74 Å². The molecule has 1 aromatic rings. The van der Waals surface area contributed by atoms with Crippen LogP contribution in [0.5, 0.6) is 5.75 Å². The summed E-state index contributed by atoms with van der Waals surface area (Å²) in [7, 11) is 0. The molecule has 0 saturated heterocycles. The summed E-state index contributed by atoms with van der Waals surface area (Å²) in [5.41, 5.74) is 2.21. The molecule has 0 bridgehead atoms. The summed E-state index contributed by atoms with van der Waals surface area (Å²) in [4.78, 5) is 0.788. The maximum absolute atomic E-state index is 5.52. The molecule has 0 amide bonds. The highest BCUT2D eigenvalue weighted by Crippen LogP contribution is 2.21. The first kappa shape index (κ1) is 8.51. The maximum Gasteiger partial charge on any atom is 0.129 e. The molecule has 3 heteroatoms. The monoisotopic (exact) mass is 193 g/mol. The van der Waals surface area contributed by atoms with E-state index in [0.717, 1.165) is 22.8 Å². The van der Waals surface area contributed by atoms with Gasteiger partial charge in [-0.3, -0.25) is 0 Å². The number of hydrogen-bond acceptors (Lipinski definition) is 2. The Balaban J connectivity index is 2.49. The quantitative estimate of drug-likeness (QED) is 0.633. The predicted octanol–water partition coefficient (Wildman–Crippen LogP) is 1.65. The van der Waals surface area contributed by atoms with Crippen molar-refractivity contribution in [1.29, 1.82) is 0 Å². The minimum absolute atomic E-state index is 0.677. The second-order valence-corrected chi connectivity index (χ2v) is 3.51. The Morgan fingerprint density at radius 1 is 1.46 bits per heavy atom. The van der Waals surface area contributed by atoms with Gasteiger partial charge in [0, 0.05) is 6.54 Å². The van der Waals surface area contributed by atoms with E-state index in [1.165, 1.54) is 5.56 Å². The molecule has 0 atom stereocenters. The molecule has 0 radical (unpaired) electrons. The summed E-state index contributed by atoms with van der Waals surface area (Å²) in [5.74, 6) is 0.889. The van der Waals surface area contributed by atoms with E-state index in [1.807, 2.05) is 19.1 Å². The fourth-order valence-electron chi connectivity index (χ4n) is 1.37. The van der Waals surface area contributed by atoms with Gasteiger partial charge in [0.15, 0.2) is 0 Å². The Morgan fingerprint density at radius 2 is 2.31 bits per heavy atom. The number of ether oxygens (including phenoxy) is 1. The highest BCUT2D eigenvalue weighted by Gasteiger charge is 2.12. The van der Waals surface area contributed by atoms with Crippen molar-refractivity contribution in [1.82, 2.24) is 5.32 Å². The molecule has 1 N–H and O–H groups in total. The normalized spacial score (nSPS) is 15.3. The maximum atomic E-state index is 5.52. The Morgan fingerprint density at radius 3 is 3.15 bits per heavy atom. The van der Waals surface area contributed by atoms with Crippen molar-refractivity contribution in [3.63, 3.8) is 0 Å². The van der Waals surface area contributed by atoms with Crippen LogP contribution in [0.25, 0.3) is 0 Å². The lowest BCUT2D eigenvalue weighted by Gasteiger charge is -2.06. The lowest BCUT2D eigenvalue weighted by Crippen LogP contribution is -2.23. The highest BCUT2D eigenvalue weighted by molar-refractivity contribution is 7.80. The fourth-order valence-corrected chi connectivity index (χ4v) is 1.63. The fraction of sp³-hybridized carbons (Fsp3) is 0.300. The van der Waals surface area contributed by atoms with E-state index in [1.54, 1.807) is 0 Å². The van der Waals surface area contributed by atoms with E-state index in [2.05, 4.69) is 11.4 Å². The molecule has 2 nitrogen and oxygen atoms in total. The van der Waals surface area contributed by atoms with Crippen molar-refractivity contribution in [3.8, 4) is 5.75 Å². The van der Waals surface area contributed by atoms with Gasteiger partial charge >= 0.3 is 0 Å². The standard InChI is InChI=1S/C10H11NOS/c1-7-2-3-9-8(6-7)10(13)11-4-5-12-9/h2-3,6H,4-5H2,1H3,(H,11,13). The minimum Gasteiger partial charge on any atom is -0.491 e. The van der Waals surface area contributed by atoms with E-state index in [-0.39, 0.29) is 0 Å². The van der Waals surface area contributed by atoms with Crippen LogP contribution in [0.4, 0.5) is 0 Å². The summed E-state index contributed by atoms with van der Waals surface area (Å²) in [6.45, 7) is 3.51. The first-order valence-corrected chi connectivity index (χ1v) is 4.70. The number of aryl methyl sites for hydroxylation is 1. The van der Waals surface area contributed by atoms with Gasteiger partial charge < -0.3 is 10.1 Å². The van der Waals surface area contributed by atoms with Gasteiger partial charge in [-0.15, -0.1) is 0 Å². The second kappa shape index (κ2) is 3.34. The van der Waals surface area contributed by atoms with E-state index in [0.29, 0.717) is 6.61 Å². The van der Waals surface area contributed by atoms with E-state index < -0.39 is 0 Å². The van der Waals surface area contributed by atoms with Crippen LogP contribution in [0, 0.1) is 6.92 Å². The lowest BCUT2D eigenvalue weighted by molar-refractivity contribution is 0.327. The zero-order chi connectivity index (χ0) is 9.26. The van der Waals surface area contributed by atoms with Gasteiger partial charge in [0.05, 0.1) is 5.56 Å². The van der Waals surface area contributed by atoms with Gasteiger partial charge in [0.25, 0.3) is 0 Å². The van der Waals surface area contributed by atoms with Gasteiger partial charge in [-0.1, -0.05) is 23.8 Å². The molecule has 0 fully saturated rings. The van der Waals surface area contributed by atoms with Crippen LogP contribution in [0.1, 0.15) is 11.1 Å². The third-order valence-corrected chi connectivity index (χ3v) is 2.39. The molecule has 0 unspecified atom stereocenters. The van der Waals surface area contributed by atoms with Crippen molar-refractivity contribution in [2.75, 3.05) is 13.2 Å². The van der Waals surface area contributed by atoms with Crippen LogP contribution in [0.15, 0.2) is 18.2 Å². The molecule has 1 heterocycles. The van der Waals surface area contributed by atoms with E-state index in [4.69, 9.17) is 17.0 Å². The first-order chi connectivity index (χ1) is 6.27. The number of rotatable bonds is 0. The summed E-state index contributed by atoms with van der Waals surface area (Å²) >= 11 is 5.22. The lowest BCUT2D eigenvalue weighted by atomic mass is 10.1. The SMILES string of the molecule is Cc1ccc2c(c1)C(=S)NCCO2. The van der Waals surface area contributed by atoms with Crippen molar-refractivity contribution in [2.45, 2.75) is 6.92 Å². The summed E-state index contributed by atoms with van der Waals surface area (Å²) in [6, 6.07) is 6.06. The molecule has 13 heavy (non-hydrogen) atoms. The summed E-state index contributed by atoms with van der Waals surface area (Å²) in [5, 5.41) is 3.13. The second-order valence-electron chi connectivity index (χ2n) is 3.10. The molecular weight excluding hydrogens is 182 g/mol. The Hall–Kier alpha value is -1.09. The third-order valence-electron chi connectivity index (χ3n) is 2.02. The van der Waals surface area contributed by atoms with Gasteiger partial charge in [-0.25, -0.2) is 0 Å². The number of benzene rings is 1. The molecule has 0 aromatic heterocycles. The Labute approximate surface area is 82.9 Å². The molecular formula is C10H11NOS. The van der Waals surface area contributed by atoms with Crippen LogP contribution in [0.3, 0.4) is 0 Å². The van der Waals surface area contributed by atoms with Crippen LogP contribution in [0.2, 0.25) is 0 Å². The van der Waals surface area contributed by atoms with Gasteiger partial charge in [0.1, 0.15) is 17.3 Å². The zero-order valence-electron chi connectivity index (χ0n) is 7.46. The van der Waals surface area contributed by atoms with E-state index in [9.17, 15) is 0 Å². The van der Waals surface area contributed by atoms with Gasteiger partial charge in [-0.2, -0.15) is 0 Å². The molecule has 2 rings (SSSR count). The smallest absolute Gasteiger partial charge is 0.129 e. The third kappa shape index (κ3) is 1.65. The van der Waals surface area contributed by atoms with Crippen LogP contribution < -0.4 is 10.1 Å². The molecule has 1 aliphatic heterocycles. The number of nitrogens with one attached hydrogen (secondary N) is 1. The number of fused-ring (bicyclic) bond motifs is 1. The van der Waals surface area contributed by atoms with Gasteiger partial charge in [-0.05, 0) is 19.1 Å². The predicted molar refractivity (Wildman–Crippen MR) is 56.4 cm³/mol. The number of hydrogen-bond donors (Lipinski definition) is 1. The molecule has 0 spiro atoms. The van der Waals surface area contributed by atoms with Crippen molar-refractivity contribution in [2.24, 2.45) is 0 Å². The topological polar surface area (TPSA) is 21.3 Å². The molecule has 68 valence electrons. The molecule has 1 aromatic carbocycles. The Kier molecular flexibility index (Phi) is 2.19. The minimum atomic E-state index is 0.677. The van der Waals surface area contributed by atoms with Gasteiger partial charge in [0.2, 0.25) is 0 Å². The van der Waals surface area contributed by atoms with Crippen molar-refractivity contribution >= 4 is 17.2 Å².